The van der Waals surface area contributed by atoms with Crippen molar-refractivity contribution >= 4 is 101 Å². The molecule has 0 heterocycles. The van der Waals surface area contributed by atoms with Gasteiger partial charge in [-0.05, 0) is 157 Å². The van der Waals surface area contributed by atoms with E-state index < -0.39 is 43.7 Å². The van der Waals surface area contributed by atoms with Gasteiger partial charge in [-0.15, -0.1) is 0 Å². The van der Waals surface area contributed by atoms with Crippen LogP contribution in [0.5, 0.6) is 34.5 Å². The summed E-state index contributed by atoms with van der Waals surface area (Å²) in [6, 6.07) is 47.3. The van der Waals surface area contributed by atoms with Crippen LogP contribution in [0.4, 0.5) is 11.4 Å². The van der Waals surface area contributed by atoms with Gasteiger partial charge in [-0.1, -0.05) is 94.9 Å². The molecule has 4 amide bonds. The lowest BCUT2D eigenvalue weighted by molar-refractivity contribution is -0.120. The number of rotatable bonds is 24. The molecule has 17 nitrogen and oxygen atoms in total. The Labute approximate surface area is 487 Å². The molecule has 0 saturated heterocycles. The Balaban J connectivity index is 0.698. The van der Waals surface area contributed by atoms with Crippen molar-refractivity contribution in [2.45, 2.75) is 22.6 Å². The van der Waals surface area contributed by atoms with Crippen molar-refractivity contribution in [3.8, 4) is 34.5 Å². The summed E-state index contributed by atoms with van der Waals surface area (Å²) in [5.74, 6) is 0.162. The zero-order chi connectivity index (χ0) is 57.5. The van der Waals surface area contributed by atoms with Crippen LogP contribution in [0, 0.1) is 0 Å². The first-order chi connectivity index (χ1) is 38.9. The monoisotopic (exact) mass is 1210 g/mol. The number of nitrogens with one attached hydrogen (secondary N) is 6. The standard InChI is InChI=1S/C58H48Cl4N6O11S2/c59-41-17-27-51(47(61)33-41)78-53-7-3-1-5-49(53)67-80(73,74)45-23-13-39(14-24-45)57(71)65-35-55(69)63-31-29-37-9-19-43(20-10-37)77-44-21-11-38(12-22-44)30-32-64-56(70)36-66-58(72)40-15-25-46(26-16-40)81(75,76)68-50-6-2-4-8-54(50)79-52-28-18-42(60)34-48(52)62/h1-28,33-34,67-68H,29-32,35-36H2,(H,63,69)(H,64,70)(H,65,71)(H,66,72). The van der Waals surface area contributed by atoms with Crippen LogP contribution < -0.4 is 44.9 Å². The first-order valence-electron chi connectivity index (χ1n) is 24.5. The summed E-state index contributed by atoms with van der Waals surface area (Å²) in [7, 11) is -8.22. The third-order valence-electron chi connectivity index (χ3n) is 11.7. The van der Waals surface area contributed by atoms with Crippen molar-refractivity contribution in [2.75, 3.05) is 35.6 Å². The Kier molecular flexibility index (Phi) is 19.8. The van der Waals surface area contributed by atoms with Crippen molar-refractivity contribution in [3.05, 3.63) is 224 Å². The summed E-state index contributed by atoms with van der Waals surface area (Å²) in [5.41, 5.74) is 2.46. The fourth-order valence-corrected chi connectivity index (χ4v) is 10.6. The SMILES string of the molecule is O=C(CNC(=O)c1ccc(S(=O)(=O)Nc2ccccc2Oc2ccc(Cl)cc2Cl)cc1)NCCc1ccc(Oc2ccc(CCNC(=O)CNC(=O)c3ccc(S(=O)(=O)Nc4ccccc4Oc4ccc(Cl)cc4Cl)cc3)cc2)cc1. The third-order valence-corrected chi connectivity index (χ3v) is 15.5. The molecule has 416 valence electrons. The van der Waals surface area contributed by atoms with E-state index in [2.05, 4.69) is 30.7 Å². The van der Waals surface area contributed by atoms with Crippen molar-refractivity contribution in [1.82, 2.24) is 21.3 Å². The average molecular weight is 1210 g/mol. The van der Waals surface area contributed by atoms with Crippen LogP contribution in [0.1, 0.15) is 31.8 Å². The highest BCUT2D eigenvalue weighted by atomic mass is 35.5. The van der Waals surface area contributed by atoms with Crippen LogP contribution in [0.2, 0.25) is 20.1 Å². The van der Waals surface area contributed by atoms with Crippen molar-refractivity contribution in [2.24, 2.45) is 0 Å². The number of hydrogen-bond donors (Lipinski definition) is 6. The van der Waals surface area contributed by atoms with Gasteiger partial charge in [0.05, 0.1) is 44.3 Å². The zero-order valence-corrected chi connectivity index (χ0v) is 47.0. The molecule has 81 heavy (non-hydrogen) atoms. The van der Waals surface area contributed by atoms with Crippen LogP contribution in [-0.4, -0.2) is 66.6 Å². The quantitative estimate of drug-likeness (QED) is 0.0333. The van der Waals surface area contributed by atoms with E-state index in [-0.39, 0.29) is 78.4 Å². The highest BCUT2D eigenvalue weighted by molar-refractivity contribution is 7.93. The molecular weight excluding hydrogens is 1160 g/mol. The number of para-hydroxylation sites is 4. The summed E-state index contributed by atoms with van der Waals surface area (Å²) in [6.45, 7) is -0.000182. The predicted molar refractivity (Wildman–Crippen MR) is 312 cm³/mol. The number of anilines is 2. The molecule has 0 aliphatic heterocycles. The molecule has 0 radical (unpaired) electrons. The number of sulfonamides is 2. The highest BCUT2D eigenvalue weighted by Crippen LogP contribution is 2.38. The molecule has 0 aliphatic carbocycles. The summed E-state index contributed by atoms with van der Waals surface area (Å²) in [6.07, 6.45) is 1.01. The van der Waals surface area contributed by atoms with Crippen LogP contribution in [-0.2, 0) is 42.5 Å². The number of hydrogen-bond acceptors (Lipinski definition) is 11. The summed E-state index contributed by atoms with van der Waals surface area (Å²) in [4.78, 5) is 50.6. The number of halogens is 4. The zero-order valence-electron chi connectivity index (χ0n) is 42.4. The molecule has 8 aromatic rings. The molecule has 8 aromatic carbocycles. The number of benzene rings is 8. The third kappa shape index (κ3) is 16.9. The molecule has 8 rings (SSSR count). The predicted octanol–water partition coefficient (Wildman–Crippen LogP) is 11.5. The minimum absolute atomic E-state index is 0.112. The second-order valence-electron chi connectivity index (χ2n) is 17.6. The van der Waals surface area contributed by atoms with E-state index in [0.717, 1.165) is 11.1 Å². The molecule has 23 heteroatoms. The first kappa shape index (κ1) is 58.8. The van der Waals surface area contributed by atoms with Gasteiger partial charge in [0.2, 0.25) is 11.8 Å². The fraction of sp³-hybridized carbons (Fsp3) is 0.103. The Bertz CT molecular complexity index is 3560. The van der Waals surface area contributed by atoms with Gasteiger partial charge in [0.25, 0.3) is 31.9 Å². The van der Waals surface area contributed by atoms with Gasteiger partial charge in [-0.3, -0.25) is 28.6 Å². The number of carbonyl (C=O) groups excluding carboxylic acids is 4. The van der Waals surface area contributed by atoms with E-state index in [1.54, 1.807) is 84.9 Å². The van der Waals surface area contributed by atoms with Gasteiger partial charge in [0, 0.05) is 34.3 Å². The summed E-state index contributed by atoms with van der Waals surface area (Å²) < 4.78 is 75.8. The summed E-state index contributed by atoms with van der Waals surface area (Å²) >= 11 is 24.4. The minimum Gasteiger partial charge on any atom is -0.457 e. The van der Waals surface area contributed by atoms with Gasteiger partial charge in [-0.25, -0.2) is 16.8 Å². The van der Waals surface area contributed by atoms with E-state index in [4.69, 9.17) is 60.6 Å². The van der Waals surface area contributed by atoms with E-state index in [1.807, 2.05) is 24.3 Å². The molecule has 0 fully saturated rings. The Morgan fingerprint density at radius 2 is 0.765 bits per heavy atom. The lowest BCUT2D eigenvalue weighted by Crippen LogP contribution is -2.37. The number of amides is 4. The van der Waals surface area contributed by atoms with Gasteiger partial charge in [-0.2, -0.15) is 0 Å². The Morgan fingerprint density at radius 3 is 1.14 bits per heavy atom. The Morgan fingerprint density at radius 1 is 0.395 bits per heavy atom. The average Bonchev–Trinajstić information content (AvgIpc) is 3.50. The molecule has 0 aliphatic rings. The van der Waals surface area contributed by atoms with Crippen molar-refractivity contribution in [3.63, 3.8) is 0 Å². The van der Waals surface area contributed by atoms with E-state index in [9.17, 15) is 36.0 Å². The van der Waals surface area contributed by atoms with Gasteiger partial charge in [0.1, 0.15) is 23.0 Å². The second-order valence-corrected chi connectivity index (χ2v) is 22.6. The molecule has 0 spiro atoms. The number of ether oxygens (including phenoxy) is 3. The van der Waals surface area contributed by atoms with Gasteiger partial charge in [0.15, 0.2) is 11.5 Å². The summed E-state index contributed by atoms with van der Waals surface area (Å²) in [5, 5.41) is 11.9. The normalized spacial score (nSPS) is 11.2. The molecule has 0 saturated carbocycles. The van der Waals surface area contributed by atoms with Gasteiger partial charge < -0.3 is 35.5 Å². The molecule has 0 bridgehead atoms. The van der Waals surface area contributed by atoms with E-state index in [1.165, 1.54) is 72.8 Å². The molecule has 0 atom stereocenters. The lowest BCUT2D eigenvalue weighted by Gasteiger charge is -2.14. The fourth-order valence-electron chi connectivity index (χ4n) is 7.54. The number of carbonyl (C=O) groups is 4. The smallest absolute Gasteiger partial charge is 0.262 e. The lowest BCUT2D eigenvalue weighted by atomic mass is 10.1. The highest BCUT2D eigenvalue weighted by Gasteiger charge is 2.21. The maximum absolute atomic E-state index is 13.3. The molecular formula is C58H48Cl4N6O11S2. The van der Waals surface area contributed by atoms with E-state index >= 15 is 0 Å². The first-order valence-corrected chi connectivity index (χ1v) is 29.0. The molecule has 0 aromatic heterocycles. The van der Waals surface area contributed by atoms with Crippen molar-refractivity contribution < 1.29 is 50.2 Å². The van der Waals surface area contributed by atoms with Crippen LogP contribution in [0.15, 0.2) is 192 Å². The Hall–Kier alpha value is -8.30. The largest absolute Gasteiger partial charge is 0.457 e. The van der Waals surface area contributed by atoms with Crippen LogP contribution in [0.25, 0.3) is 0 Å². The van der Waals surface area contributed by atoms with E-state index in [0.29, 0.717) is 47.5 Å². The van der Waals surface area contributed by atoms with Crippen LogP contribution >= 0.6 is 46.4 Å². The minimum atomic E-state index is -4.11. The van der Waals surface area contributed by atoms with Crippen LogP contribution in [0.3, 0.4) is 0 Å². The maximum Gasteiger partial charge on any atom is 0.262 e. The van der Waals surface area contributed by atoms with Gasteiger partial charge >= 0.3 is 0 Å². The second kappa shape index (κ2) is 27.2. The maximum atomic E-state index is 13.3. The topological polar surface area (TPSA) is 236 Å². The molecule has 0 unspecified atom stereocenters. The molecule has 6 N–H and O–H groups in total. The van der Waals surface area contributed by atoms with Crippen molar-refractivity contribution in [1.29, 1.82) is 0 Å².